The molecule has 6 rings (SSSR count). The van der Waals surface area contributed by atoms with E-state index in [1.165, 1.54) is 15.5 Å². The van der Waals surface area contributed by atoms with Gasteiger partial charge in [0.1, 0.15) is 5.82 Å². The first-order valence-electron chi connectivity index (χ1n) is 14.2. The number of hydrogen-bond acceptors (Lipinski definition) is 4. The summed E-state index contributed by atoms with van der Waals surface area (Å²) in [7, 11) is 0. The molecule has 1 unspecified atom stereocenters. The van der Waals surface area contributed by atoms with E-state index in [0.29, 0.717) is 25.1 Å². The third-order valence-electron chi connectivity index (χ3n) is 8.60. The predicted molar refractivity (Wildman–Crippen MR) is 150 cm³/mol. The lowest BCUT2D eigenvalue weighted by Crippen LogP contribution is -2.51. The molecule has 9 nitrogen and oxygen atoms in total. The van der Waals surface area contributed by atoms with Gasteiger partial charge >= 0.3 is 11.7 Å². The van der Waals surface area contributed by atoms with Crippen LogP contribution in [0.2, 0.25) is 0 Å². The van der Waals surface area contributed by atoms with Crippen LogP contribution in [-0.2, 0) is 13.1 Å². The molecule has 1 saturated carbocycles. The largest absolute Gasteiger partial charge is 0.331 e. The Morgan fingerprint density at radius 1 is 1.12 bits per heavy atom. The van der Waals surface area contributed by atoms with Crippen molar-refractivity contribution in [1.82, 2.24) is 18.9 Å². The van der Waals surface area contributed by atoms with E-state index in [2.05, 4.69) is 5.32 Å². The Balaban J connectivity index is 1.25. The SMILES string of the molecule is CC(C)n1c(=O)n(CC2CC(F)(F)C2)c(=O)c2cc(NC(=O)N3CCCC(N4Cc5ccccc5C4=O)C3)c(F)cc21. The van der Waals surface area contributed by atoms with Gasteiger partial charge in [-0.3, -0.25) is 18.7 Å². The average Bonchev–Trinajstić information content (AvgIpc) is 3.27. The first-order chi connectivity index (χ1) is 19.9. The van der Waals surface area contributed by atoms with Crippen molar-refractivity contribution in [1.29, 1.82) is 0 Å². The maximum atomic E-state index is 15.3. The number of nitrogens with zero attached hydrogens (tertiary/aromatic N) is 4. The maximum absolute atomic E-state index is 15.3. The standard InChI is InChI=1S/C30H32F3N5O4/c1-17(2)38-25-11-23(31)24(10-22(25)27(40)37(29(38)42)14-18-12-30(32,33)13-18)34-28(41)35-9-5-7-20(16-35)36-15-19-6-3-4-8-21(19)26(36)39/h3-4,6,8,10-11,17-18,20H,5,7,9,12-16H2,1-2H3,(H,34,41). The lowest BCUT2D eigenvalue weighted by Gasteiger charge is -2.37. The Labute approximate surface area is 239 Å². The van der Waals surface area contributed by atoms with Crippen LogP contribution in [0.5, 0.6) is 0 Å². The number of urea groups is 1. The minimum Gasteiger partial charge on any atom is -0.330 e. The molecular formula is C30H32F3N5O4. The fourth-order valence-corrected chi connectivity index (χ4v) is 6.49. The second kappa shape index (κ2) is 10.3. The predicted octanol–water partition coefficient (Wildman–Crippen LogP) is 4.58. The molecule has 3 amide bonds. The minimum atomic E-state index is -2.80. The Bertz CT molecular complexity index is 1710. The van der Waals surface area contributed by atoms with Crippen molar-refractivity contribution in [3.8, 4) is 0 Å². The summed E-state index contributed by atoms with van der Waals surface area (Å²) in [6.45, 7) is 4.40. The number of aromatic nitrogens is 2. The van der Waals surface area contributed by atoms with Crippen LogP contribution in [0.3, 0.4) is 0 Å². The Morgan fingerprint density at radius 2 is 1.86 bits per heavy atom. The smallest absolute Gasteiger partial charge is 0.330 e. The zero-order chi connectivity index (χ0) is 29.9. The maximum Gasteiger partial charge on any atom is 0.331 e. The topological polar surface area (TPSA) is 96.6 Å². The molecule has 2 fully saturated rings. The number of alkyl halides is 2. The number of carbonyl (C=O) groups is 2. The minimum absolute atomic E-state index is 0.00281. The number of halogens is 3. The van der Waals surface area contributed by atoms with Crippen LogP contribution in [0.4, 0.5) is 23.7 Å². The number of fused-ring (bicyclic) bond motifs is 2. The van der Waals surface area contributed by atoms with E-state index >= 15 is 4.39 Å². The summed E-state index contributed by atoms with van der Waals surface area (Å²) in [6.07, 6.45) is 0.571. The van der Waals surface area contributed by atoms with Gasteiger partial charge in [-0.2, -0.15) is 0 Å². The zero-order valence-corrected chi connectivity index (χ0v) is 23.4. The van der Waals surface area contributed by atoms with Gasteiger partial charge in [0.15, 0.2) is 0 Å². The van der Waals surface area contributed by atoms with Crippen molar-refractivity contribution in [2.75, 3.05) is 18.4 Å². The number of rotatable bonds is 5. The molecule has 222 valence electrons. The van der Waals surface area contributed by atoms with Crippen LogP contribution in [0.1, 0.15) is 61.5 Å². The Morgan fingerprint density at radius 3 is 2.55 bits per heavy atom. The highest BCUT2D eigenvalue weighted by molar-refractivity contribution is 5.98. The van der Waals surface area contributed by atoms with Gasteiger partial charge in [0.2, 0.25) is 5.92 Å². The summed E-state index contributed by atoms with van der Waals surface area (Å²) in [5.74, 6) is -4.22. The number of nitrogens with one attached hydrogen (secondary N) is 1. The highest BCUT2D eigenvalue weighted by Crippen LogP contribution is 2.42. The van der Waals surface area contributed by atoms with Crippen LogP contribution < -0.4 is 16.6 Å². The van der Waals surface area contributed by atoms with E-state index in [9.17, 15) is 28.0 Å². The number of likely N-dealkylation sites (tertiary alicyclic amines) is 1. The summed E-state index contributed by atoms with van der Waals surface area (Å²) in [5, 5.41) is 2.57. The normalized spacial score (nSPS) is 20.2. The second-order valence-corrected chi connectivity index (χ2v) is 11.9. The van der Waals surface area contributed by atoms with Crippen LogP contribution in [0.25, 0.3) is 10.9 Å². The third kappa shape index (κ3) is 4.86. The van der Waals surface area contributed by atoms with E-state index in [-0.39, 0.29) is 41.6 Å². The summed E-state index contributed by atoms with van der Waals surface area (Å²) in [4.78, 5) is 56.2. The highest BCUT2D eigenvalue weighted by atomic mass is 19.3. The molecule has 42 heavy (non-hydrogen) atoms. The fraction of sp³-hybridized carbons (Fsp3) is 0.467. The van der Waals surface area contributed by atoms with Crippen molar-refractivity contribution in [3.05, 3.63) is 74.2 Å². The highest BCUT2D eigenvalue weighted by Gasteiger charge is 2.45. The first-order valence-corrected chi connectivity index (χ1v) is 14.2. The first kappa shape index (κ1) is 28.0. The Hall–Kier alpha value is -4.09. The number of hydrogen-bond donors (Lipinski definition) is 1. The molecule has 0 radical (unpaired) electrons. The molecule has 12 heteroatoms. The van der Waals surface area contributed by atoms with E-state index in [0.717, 1.165) is 22.6 Å². The van der Waals surface area contributed by atoms with Gasteiger partial charge in [-0.1, -0.05) is 18.2 Å². The van der Waals surface area contributed by atoms with E-state index in [1.807, 2.05) is 18.2 Å². The van der Waals surface area contributed by atoms with Crippen molar-refractivity contribution in [2.24, 2.45) is 5.92 Å². The van der Waals surface area contributed by atoms with Crippen LogP contribution in [0.15, 0.2) is 46.0 Å². The average molecular weight is 584 g/mol. The molecule has 0 bridgehead atoms. The molecule has 1 atom stereocenters. The summed E-state index contributed by atoms with van der Waals surface area (Å²) in [6, 6.07) is 8.45. The molecule has 1 saturated heterocycles. The van der Waals surface area contributed by atoms with Crippen molar-refractivity contribution >= 4 is 28.5 Å². The number of benzene rings is 2. The van der Waals surface area contributed by atoms with E-state index in [4.69, 9.17) is 0 Å². The summed E-state index contributed by atoms with van der Waals surface area (Å²) in [5.41, 5.74) is 0.0326. The van der Waals surface area contributed by atoms with Crippen LogP contribution in [-0.4, -0.2) is 55.9 Å². The summed E-state index contributed by atoms with van der Waals surface area (Å²) < 4.78 is 44.4. The molecule has 3 heterocycles. The zero-order valence-electron chi connectivity index (χ0n) is 23.4. The van der Waals surface area contributed by atoms with Crippen LogP contribution >= 0.6 is 0 Å². The van der Waals surface area contributed by atoms with E-state index in [1.54, 1.807) is 24.8 Å². The third-order valence-corrected chi connectivity index (χ3v) is 8.60. The molecule has 0 spiro atoms. The number of anilines is 1. The molecule has 1 aliphatic carbocycles. The van der Waals surface area contributed by atoms with Crippen molar-refractivity contribution < 1.29 is 22.8 Å². The lowest BCUT2D eigenvalue weighted by molar-refractivity contribution is -0.114. The quantitative estimate of drug-likeness (QED) is 0.476. The van der Waals surface area contributed by atoms with Gasteiger partial charge in [-0.25, -0.2) is 22.8 Å². The number of piperidine rings is 1. The molecule has 3 aromatic rings. The van der Waals surface area contributed by atoms with Gasteiger partial charge in [-0.15, -0.1) is 0 Å². The monoisotopic (exact) mass is 583 g/mol. The summed E-state index contributed by atoms with van der Waals surface area (Å²) >= 11 is 0. The molecule has 2 aliphatic heterocycles. The molecule has 3 aliphatic rings. The van der Waals surface area contributed by atoms with E-state index < -0.39 is 53.8 Å². The number of amides is 3. The van der Waals surface area contributed by atoms with Crippen LogP contribution in [0, 0.1) is 11.7 Å². The van der Waals surface area contributed by atoms with Gasteiger partial charge in [0.05, 0.1) is 22.6 Å². The number of carbonyl (C=O) groups excluding carboxylic acids is 2. The fourth-order valence-electron chi connectivity index (χ4n) is 6.49. The molecule has 1 aromatic heterocycles. The second-order valence-electron chi connectivity index (χ2n) is 11.9. The van der Waals surface area contributed by atoms with Gasteiger partial charge in [-0.05, 0) is 50.3 Å². The molecular weight excluding hydrogens is 551 g/mol. The van der Waals surface area contributed by atoms with Gasteiger partial charge < -0.3 is 15.1 Å². The lowest BCUT2D eigenvalue weighted by atomic mass is 9.81. The molecule has 1 N–H and O–H groups in total. The Kier molecular flexibility index (Phi) is 6.89. The van der Waals surface area contributed by atoms with Crippen molar-refractivity contribution in [2.45, 2.75) is 70.6 Å². The van der Waals surface area contributed by atoms with Gasteiger partial charge in [0.25, 0.3) is 11.5 Å². The van der Waals surface area contributed by atoms with Gasteiger partial charge in [0, 0.05) is 56.7 Å². The molecule has 2 aromatic carbocycles. The van der Waals surface area contributed by atoms with Crippen molar-refractivity contribution in [3.63, 3.8) is 0 Å².